The number of esters is 1. The quantitative estimate of drug-likeness (QED) is 0.0320. The molecule has 0 aliphatic heterocycles. The van der Waals surface area contributed by atoms with Crippen molar-refractivity contribution in [1.29, 1.82) is 0 Å². The lowest BCUT2D eigenvalue weighted by atomic mass is 10.0. The van der Waals surface area contributed by atoms with E-state index in [0.29, 0.717) is 25.9 Å². The SMILES string of the molecule is CCCCCCCCCCCCCCCCCCCCC(O)C(CO)NC(=O)CCCCCCCCCCCCCCCCCCC/C=C\CCCCCCCCCCCCCCOC(=O)CCCCCCCCCCCCCCC. The van der Waals surface area contributed by atoms with Gasteiger partial charge in [0.25, 0.3) is 0 Å². The van der Waals surface area contributed by atoms with Crippen molar-refractivity contribution in [2.24, 2.45) is 0 Å². The van der Waals surface area contributed by atoms with E-state index in [1.807, 2.05) is 0 Å². The summed E-state index contributed by atoms with van der Waals surface area (Å²) in [5.41, 5.74) is 0. The Balaban J connectivity index is 3.34. The number of nitrogens with one attached hydrogen (secondary N) is 1. The van der Waals surface area contributed by atoms with Crippen molar-refractivity contribution < 1.29 is 24.5 Å². The zero-order valence-electron chi connectivity index (χ0n) is 55.3. The molecule has 0 saturated heterocycles. The summed E-state index contributed by atoms with van der Waals surface area (Å²) in [6, 6.07) is -0.539. The highest BCUT2D eigenvalue weighted by molar-refractivity contribution is 5.76. The Kier molecular flexibility index (Phi) is 69.9. The minimum absolute atomic E-state index is 0.0213. The molecule has 482 valence electrons. The van der Waals surface area contributed by atoms with E-state index in [9.17, 15) is 19.8 Å². The largest absolute Gasteiger partial charge is 0.466 e. The van der Waals surface area contributed by atoms with Crippen LogP contribution in [0.1, 0.15) is 431 Å². The average molecular weight is 1140 g/mol. The van der Waals surface area contributed by atoms with Crippen LogP contribution in [0.4, 0.5) is 0 Å². The van der Waals surface area contributed by atoms with Gasteiger partial charge in [-0.05, 0) is 51.4 Å². The van der Waals surface area contributed by atoms with E-state index in [1.54, 1.807) is 0 Å². The Labute approximate surface area is 508 Å². The Morgan fingerprint density at radius 3 is 0.877 bits per heavy atom. The standard InChI is InChI=1S/C75H147NO5/c1-3-5-7-9-11-13-15-17-18-19-37-40-44-47-51-55-59-63-67-73(78)72(71-77)76-74(79)68-64-60-56-52-48-45-41-38-35-33-31-29-27-25-23-21-20-22-24-26-28-30-32-34-36-39-42-46-50-54-58-62-66-70-81-75(80)69-65-61-57-53-49-43-16-14-12-10-8-6-4-2/h24,26,72-73,77-78H,3-23,25,27-71H2,1-2H3,(H,76,79)/b26-24-. The van der Waals surface area contributed by atoms with Crippen molar-refractivity contribution in [1.82, 2.24) is 5.32 Å². The fraction of sp³-hybridized carbons (Fsp3) is 0.947. The molecule has 0 aromatic rings. The summed E-state index contributed by atoms with van der Waals surface area (Å²) < 4.78 is 5.49. The maximum absolute atomic E-state index is 12.5. The first-order valence-electron chi connectivity index (χ1n) is 37.4. The number of hydrogen-bond acceptors (Lipinski definition) is 5. The molecule has 6 nitrogen and oxygen atoms in total. The van der Waals surface area contributed by atoms with Crippen LogP contribution in [-0.2, 0) is 14.3 Å². The molecule has 81 heavy (non-hydrogen) atoms. The van der Waals surface area contributed by atoms with Gasteiger partial charge in [-0.1, -0.05) is 379 Å². The summed E-state index contributed by atoms with van der Waals surface area (Å²) in [6.07, 6.45) is 88.6. The van der Waals surface area contributed by atoms with Gasteiger partial charge in [-0.2, -0.15) is 0 Å². The number of unbranched alkanes of at least 4 members (excludes halogenated alkanes) is 58. The van der Waals surface area contributed by atoms with E-state index in [4.69, 9.17) is 4.74 Å². The van der Waals surface area contributed by atoms with Gasteiger partial charge in [0, 0.05) is 12.8 Å². The lowest BCUT2D eigenvalue weighted by Crippen LogP contribution is -2.45. The van der Waals surface area contributed by atoms with Gasteiger partial charge in [0.2, 0.25) is 5.91 Å². The number of hydrogen-bond donors (Lipinski definition) is 3. The van der Waals surface area contributed by atoms with Crippen molar-refractivity contribution in [2.45, 2.75) is 443 Å². The molecule has 0 aromatic heterocycles. The number of ether oxygens (including phenoxy) is 1. The molecule has 0 fully saturated rings. The van der Waals surface area contributed by atoms with Crippen LogP contribution < -0.4 is 5.32 Å². The summed E-state index contributed by atoms with van der Waals surface area (Å²) in [4.78, 5) is 24.6. The van der Waals surface area contributed by atoms with E-state index in [-0.39, 0.29) is 18.5 Å². The first-order valence-corrected chi connectivity index (χ1v) is 37.4. The predicted molar refractivity (Wildman–Crippen MR) is 357 cm³/mol. The van der Waals surface area contributed by atoms with Gasteiger partial charge in [-0.15, -0.1) is 0 Å². The highest BCUT2D eigenvalue weighted by Crippen LogP contribution is 2.20. The molecule has 2 unspecified atom stereocenters. The number of aliphatic hydroxyl groups is 2. The monoisotopic (exact) mass is 1140 g/mol. The molecule has 0 spiro atoms. The number of carbonyl (C=O) groups is 2. The van der Waals surface area contributed by atoms with Crippen LogP contribution in [0.5, 0.6) is 0 Å². The fourth-order valence-corrected chi connectivity index (χ4v) is 12.1. The maximum atomic E-state index is 12.5. The molecule has 0 radical (unpaired) electrons. The van der Waals surface area contributed by atoms with Gasteiger partial charge in [-0.3, -0.25) is 9.59 Å². The van der Waals surface area contributed by atoms with Crippen molar-refractivity contribution in [3.05, 3.63) is 12.2 Å². The molecule has 3 N–H and O–H groups in total. The van der Waals surface area contributed by atoms with Crippen LogP contribution >= 0.6 is 0 Å². The molecular weight excluding hydrogens is 995 g/mol. The molecule has 0 aliphatic carbocycles. The average Bonchev–Trinajstić information content (AvgIpc) is 3.47. The van der Waals surface area contributed by atoms with E-state index < -0.39 is 12.1 Å². The molecule has 0 aliphatic rings. The predicted octanol–water partition coefficient (Wildman–Crippen LogP) is 24.3. The molecule has 2 atom stereocenters. The van der Waals surface area contributed by atoms with E-state index in [2.05, 4.69) is 31.3 Å². The van der Waals surface area contributed by atoms with Crippen molar-refractivity contribution in [3.8, 4) is 0 Å². The zero-order chi connectivity index (χ0) is 58.5. The fourth-order valence-electron chi connectivity index (χ4n) is 12.1. The number of allylic oxidation sites excluding steroid dienone is 2. The third kappa shape index (κ3) is 67.6. The molecule has 0 saturated carbocycles. The summed E-state index contributed by atoms with van der Waals surface area (Å²) in [6.45, 7) is 5.00. The van der Waals surface area contributed by atoms with E-state index in [0.717, 1.165) is 38.5 Å². The summed E-state index contributed by atoms with van der Waals surface area (Å²) in [5.74, 6) is -0.00596. The Hall–Kier alpha value is -1.40. The van der Waals surface area contributed by atoms with Gasteiger partial charge in [-0.25, -0.2) is 0 Å². The second kappa shape index (κ2) is 71.1. The van der Waals surface area contributed by atoms with Crippen LogP contribution in [0.3, 0.4) is 0 Å². The Bertz CT molecular complexity index is 1220. The van der Waals surface area contributed by atoms with Crippen LogP contribution in [0.15, 0.2) is 12.2 Å². The summed E-state index contributed by atoms with van der Waals surface area (Å²) in [7, 11) is 0. The molecule has 0 heterocycles. The minimum atomic E-state index is -0.662. The van der Waals surface area contributed by atoms with Crippen LogP contribution in [0.2, 0.25) is 0 Å². The summed E-state index contributed by atoms with van der Waals surface area (Å²) >= 11 is 0. The number of amides is 1. The van der Waals surface area contributed by atoms with Crippen molar-refractivity contribution in [2.75, 3.05) is 13.2 Å². The van der Waals surface area contributed by atoms with E-state index >= 15 is 0 Å². The molecule has 6 heteroatoms. The molecular formula is C75H147NO5. The van der Waals surface area contributed by atoms with Gasteiger partial charge in [0.05, 0.1) is 25.4 Å². The second-order valence-electron chi connectivity index (χ2n) is 26.0. The first kappa shape index (κ1) is 79.6. The smallest absolute Gasteiger partial charge is 0.305 e. The number of aliphatic hydroxyl groups excluding tert-OH is 2. The van der Waals surface area contributed by atoms with Gasteiger partial charge < -0.3 is 20.3 Å². The van der Waals surface area contributed by atoms with Gasteiger partial charge >= 0.3 is 5.97 Å². The normalized spacial score (nSPS) is 12.5. The van der Waals surface area contributed by atoms with Crippen molar-refractivity contribution in [3.63, 3.8) is 0 Å². The summed E-state index contributed by atoms with van der Waals surface area (Å²) in [5, 5.41) is 23.4. The maximum Gasteiger partial charge on any atom is 0.305 e. The first-order chi connectivity index (χ1) is 40.0. The number of carbonyl (C=O) groups excluding carboxylic acids is 2. The topological polar surface area (TPSA) is 95.9 Å². The van der Waals surface area contributed by atoms with Gasteiger partial charge in [0.15, 0.2) is 0 Å². The van der Waals surface area contributed by atoms with Gasteiger partial charge in [0.1, 0.15) is 0 Å². The highest BCUT2D eigenvalue weighted by Gasteiger charge is 2.20. The molecule has 0 rings (SSSR count). The van der Waals surface area contributed by atoms with Crippen LogP contribution in [-0.4, -0.2) is 47.4 Å². The minimum Gasteiger partial charge on any atom is -0.466 e. The lowest BCUT2D eigenvalue weighted by Gasteiger charge is -2.22. The Morgan fingerprint density at radius 2 is 0.580 bits per heavy atom. The Morgan fingerprint density at radius 1 is 0.333 bits per heavy atom. The van der Waals surface area contributed by atoms with Crippen molar-refractivity contribution >= 4 is 11.9 Å². The van der Waals surface area contributed by atoms with Crippen LogP contribution in [0.25, 0.3) is 0 Å². The van der Waals surface area contributed by atoms with E-state index in [1.165, 1.54) is 360 Å². The number of rotatable bonds is 71. The highest BCUT2D eigenvalue weighted by atomic mass is 16.5. The zero-order valence-corrected chi connectivity index (χ0v) is 55.3. The third-order valence-corrected chi connectivity index (χ3v) is 17.8. The van der Waals surface area contributed by atoms with Crippen LogP contribution in [0, 0.1) is 0 Å². The second-order valence-corrected chi connectivity index (χ2v) is 26.0. The third-order valence-electron chi connectivity index (χ3n) is 17.8. The molecule has 0 aromatic carbocycles. The lowest BCUT2D eigenvalue weighted by molar-refractivity contribution is -0.143. The molecule has 0 bridgehead atoms. The molecule has 1 amide bonds.